The minimum Gasteiger partial charge on any atom is -0.493 e. The summed E-state index contributed by atoms with van der Waals surface area (Å²) in [7, 11) is 0. The molecule has 0 N–H and O–H groups in total. The molecule has 0 amide bonds. The Labute approximate surface area is 80.5 Å². The maximum atomic E-state index is 11.7. The Hall–Kier alpha value is -1.65. The van der Waals surface area contributed by atoms with Crippen molar-refractivity contribution in [3.05, 3.63) is 34.4 Å². The van der Waals surface area contributed by atoms with Crippen LogP contribution in [0, 0.1) is 10.1 Å². The fraction of sp³-hybridized carbons (Fsp3) is 0.333. The number of hydrogen-bond acceptors (Lipinski definition) is 3. The first-order valence-corrected chi connectivity index (χ1v) is 4.17. The Kier molecular flexibility index (Phi) is 3.84. The summed E-state index contributed by atoms with van der Waals surface area (Å²) < 4.78 is 16.8. The molecule has 1 rings (SSSR count). The number of halogens is 1. The second-order valence-electron chi connectivity index (χ2n) is 2.65. The van der Waals surface area contributed by atoms with E-state index in [1.165, 1.54) is 18.2 Å². The van der Waals surface area contributed by atoms with Crippen LogP contribution in [0.15, 0.2) is 24.3 Å². The van der Waals surface area contributed by atoms with Crippen molar-refractivity contribution in [1.82, 2.24) is 0 Å². The predicted molar refractivity (Wildman–Crippen MR) is 49.2 cm³/mol. The molecule has 0 atom stereocenters. The van der Waals surface area contributed by atoms with E-state index in [2.05, 4.69) is 0 Å². The number of hydrogen-bond donors (Lipinski definition) is 0. The Morgan fingerprint density at radius 3 is 2.93 bits per heavy atom. The maximum absolute atomic E-state index is 11.7. The van der Waals surface area contributed by atoms with E-state index in [-0.39, 0.29) is 12.3 Å². The second kappa shape index (κ2) is 5.16. The van der Waals surface area contributed by atoms with Crippen molar-refractivity contribution in [3.8, 4) is 5.75 Å². The third-order valence-electron chi connectivity index (χ3n) is 1.58. The van der Waals surface area contributed by atoms with E-state index in [0.29, 0.717) is 12.2 Å². The first-order chi connectivity index (χ1) is 6.74. The van der Waals surface area contributed by atoms with Crippen molar-refractivity contribution in [2.75, 3.05) is 13.3 Å². The van der Waals surface area contributed by atoms with E-state index in [9.17, 15) is 14.5 Å². The molecular weight excluding hydrogens is 189 g/mol. The molecule has 0 spiro atoms. The summed E-state index contributed by atoms with van der Waals surface area (Å²) >= 11 is 0. The van der Waals surface area contributed by atoms with Gasteiger partial charge in [-0.2, -0.15) is 0 Å². The topological polar surface area (TPSA) is 52.4 Å². The summed E-state index contributed by atoms with van der Waals surface area (Å²) in [5, 5.41) is 10.4. The summed E-state index contributed by atoms with van der Waals surface area (Å²) in [5.74, 6) is 0.396. The molecule has 0 aliphatic heterocycles. The summed E-state index contributed by atoms with van der Waals surface area (Å²) in [5.41, 5.74) is -0.0252. The summed E-state index contributed by atoms with van der Waals surface area (Å²) in [6, 6.07) is 5.83. The lowest BCUT2D eigenvalue weighted by Gasteiger charge is -2.03. The van der Waals surface area contributed by atoms with Gasteiger partial charge in [-0.1, -0.05) is 6.07 Å². The van der Waals surface area contributed by atoms with Gasteiger partial charge in [0.1, 0.15) is 5.75 Å². The maximum Gasteiger partial charge on any atom is 0.273 e. The van der Waals surface area contributed by atoms with Crippen molar-refractivity contribution in [2.45, 2.75) is 6.42 Å². The Balaban J connectivity index is 2.59. The molecule has 4 nitrogen and oxygen atoms in total. The van der Waals surface area contributed by atoms with E-state index in [1.807, 2.05) is 0 Å². The van der Waals surface area contributed by atoms with Gasteiger partial charge in [-0.15, -0.1) is 0 Å². The van der Waals surface area contributed by atoms with Gasteiger partial charge in [0.15, 0.2) is 0 Å². The zero-order chi connectivity index (χ0) is 10.4. The Morgan fingerprint density at radius 2 is 2.29 bits per heavy atom. The van der Waals surface area contributed by atoms with Crippen LogP contribution in [0.1, 0.15) is 6.42 Å². The van der Waals surface area contributed by atoms with E-state index in [4.69, 9.17) is 4.74 Å². The number of ether oxygens (including phenoxy) is 1. The Bertz CT molecular complexity index is 317. The molecule has 0 aromatic heterocycles. The van der Waals surface area contributed by atoms with E-state index in [0.717, 1.165) is 0 Å². The van der Waals surface area contributed by atoms with Crippen LogP contribution in [0.25, 0.3) is 0 Å². The molecule has 0 radical (unpaired) electrons. The molecule has 0 aliphatic rings. The number of alkyl halides is 1. The summed E-state index contributed by atoms with van der Waals surface area (Å²) in [6.07, 6.45) is 0.294. The van der Waals surface area contributed by atoms with Crippen LogP contribution >= 0.6 is 0 Å². The van der Waals surface area contributed by atoms with E-state index in [1.54, 1.807) is 6.07 Å². The quantitative estimate of drug-likeness (QED) is 0.415. The molecule has 0 saturated carbocycles. The van der Waals surface area contributed by atoms with Crippen molar-refractivity contribution < 1.29 is 14.1 Å². The molecule has 0 aliphatic carbocycles. The largest absolute Gasteiger partial charge is 0.493 e. The summed E-state index contributed by atoms with van der Waals surface area (Å²) in [4.78, 5) is 9.88. The lowest BCUT2D eigenvalue weighted by Crippen LogP contribution is -1.98. The zero-order valence-corrected chi connectivity index (χ0v) is 7.48. The van der Waals surface area contributed by atoms with Gasteiger partial charge in [-0.3, -0.25) is 14.5 Å². The monoisotopic (exact) mass is 199 g/mol. The number of nitro benzene ring substituents is 1. The second-order valence-corrected chi connectivity index (χ2v) is 2.65. The Morgan fingerprint density at radius 1 is 1.50 bits per heavy atom. The van der Waals surface area contributed by atoms with Crippen LogP contribution in [0.4, 0.5) is 10.1 Å². The molecular formula is C9H10FNO3. The van der Waals surface area contributed by atoms with Gasteiger partial charge in [0.2, 0.25) is 0 Å². The van der Waals surface area contributed by atoms with Crippen LogP contribution in [-0.2, 0) is 0 Å². The molecule has 14 heavy (non-hydrogen) atoms. The molecule has 5 heteroatoms. The molecule has 1 aromatic rings. The van der Waals surface area contributed by atoms with Crippen LogP contribution < -0.4 is 4.74 Å². The van der Waals surface area contributed by atoms with Crippen molar-refractivity contribution in [3.63, 3.8) is 0 Å². The van der Waals surface area contributed by atoms with Crippen molar-refractivity contribution in [2.24, 2.45) is 0 Å². The molecule has 1 aromatic carbocycles. The number of benzene rings is 1. The standard InChI is InChI=1S/C9H10FNO3/c10-5-2-6-14-9-4-1-3-8(7-9)11(12)13/h1,3-4,7H,2,5-6H2. The van der Waals surface area contributed by atoms with E-state index < -0.39 is 11.6 Å². The first kappa shape index (κ1) is 10.4. The summed E-state index contributed by atoms with van der Waals surface area (Å²) in [6.45, 7) is -0.216. The molecule has 0 heterocycles. The normalized spacial score (nSPS) is 9.79. The number of non-ortho nitro benzene ring substituents is 1. The molecule has 0 bridgehead atoms. The number of rotatable bonds is 5. The number of nitrogens with zero attached hydrogens (tertiary/aromatic N) is 1. The first-order valence-electron chi connectivity index (χ1n) is 4.17. The smallest absolute Gasteiger partial charge is 0.273 e. The predicted octanol–water partition coefficient (Wildman–Crippen LogP) is 2.33. The van der Waals surface area contributed by atoms with Crippen LogP contribution in [-0.4, -0.2) is 18.2 Å². The molecule has 76 valence electrons. The van der Waals surface area contributed by atoms with Gasteiger partial charge >= 0.3 is 0 Å². The third kappa shape index (κ3) is 3.01. The highest BCUT2D eigenvalue weighted by molar-refractivity contribution is 5.37. The van der Waals surface area contributed by atoms with E-state index >= 15 is 0 Å². The molecule has 0 fully saturated rings. The van der Waals surface area contributed by atoms with Crippen molar-refractivity contribution >= 4 is 5.69 Å². The fourth-order valence-corrected chi connectivity index (χ4v) is 0.931. The third-order valence-corrected chi connectivity index (χ3v) is 1.58. The van der Waals surface area contributed by atoms with Crippen molar-refractivity contribution in [1.29, 1.82) is 0 Å². The number of nitro groups is 1. The lowest BCUT2D eigenvalue weighted by atomic mass is 10.3. The van der Waals surface area contributed by atoms with Gasteiger partial charge in [0, 0.05) is 12.5 Å². The highest BCUT2D eigenvalue weighted by Crippen LogP contribution is 2.18. The van der Waals surface area contributed by atoms with Crippen LogP contribution in [0.5, 0.6) is 5.75 Å². The van der Waals surface area contributed by atoms with Crippen LogP contribution in [0.3, 0.4) is 0 Å². The minimum atomic E-state index is -0.498. The highest BCUT2D eigenvalue weighted by atomic mass is 19.1. The SMILES string of the molecule is O=[N+]([O-])c1cccc(OCCCF)c1. The highest BCUT2D eigenvalue weighted by Gasteiger charge is 2.05. The molecule has 0 saturated heterocycles. The molecule has 0 unspecified atom stereocenters. The van der Waals surface area contributed by atoms with Gasteiger partial charge in [-0.05, 0) is 6.07 Å². The zero-order valence-electron chi connectivity index (χ0n) is 7.48. The van der Waals surface area contributed by atoms with Gasteiger partial charge in [0.05, 0.1) is 24.3 Å². The minimum absolute atomic E-state index is 0.0252. The van der Waals surface area contributed by atoms with Gasteiger partial charge in [0.25, 0.3) is 5.69 Å². The van der Waals surface area contributed by atoms with Gasteiger partial charge in [-0.25, -0.2) is 0 Å². The average molecular weight is 199 g/mol. The van der Waals surface area contributed by atoms with Gasteiger partial charge < -0.3 is 4.74 Å². The lowest BCUT2D eigenvalue weighted by molar-refractivity contribution is -0.384. The average Bonchev–Trinajstić information content (AvgIpc) is 2.19. The van der Waals surface area contributed by atoms with Crippen LogP contribution in [0.2, 0.25) is 0 Å². The fourth-order valence-electron chi connectivity index (χ4n) is 0.931.